The highest BCUT2D eigenvalue weighted by atomic mass is 16.5. The van der Waals surface area contributed by atoms with E-state index >= 15 is 0 Å². The minimum absolute atomic E-state index is 0.156. The second kappa shape index (κ2) is 5.42. The van der Waals surface area contributed by atoms with Crippen LogP contribution in [0.15, 0.2) is 42.7 Å². The molecule has 5 heteroatoms. The molecule has 0 saturated carbocycles. The molecule has 19 heavy (non-hydrogen) atoms. The fourth-order valence-corrected chi connectivity index (χ4v) is 2.30. The van der Waals surface area contributed by atoms with Gasteiger partial charge in [-0.25, -0.2) is 0 Å². The van der Waals surface area contributed by atoms with Crippen LogP contribution in [-0.4, -0.2) is 34.1 Å². The van der Waals surface area contributed by atoms with E-state index in [1.807, 2.05) is 30.5 Å². The molecule has 1 aromatic heterocycles. The summed E-state index contributed by atoms with van der Waals surface area (Å²) >= 11 is 0. The van der Waals surface area contributed by atoms with Gasteiger partial charge in [0.15, 0.2) is 0 Å². The van der Waals surface area contributed by atoms with Crippen LogP contribution in [0.25, 0.3) is 0 Å². The molecule has 0 radical (unpaired) electrons. The summed E-state index contributed by atoms with van der Waals surface area (Å²) in [5, 5.41) is 17.4. The van der Waals surface area contributed by atoms with Gasteiger partial charge in [-0.1, -0.05) is 18.2 Å². The Bertz CT molecular complexity index is 527. The van der Waals surface area contributed by atoms with Crippen LogP contribution < -0.4 is 10.1 Å². The highest BCUT2D eigenvalue weighted by molar-refractivity contribution is 5.39. The standard InChI is InChI=1S/C14H17N3O2/c18-11(9-17-7-3-6-16-17)8-15-13-10-19-14-5-2-1-4-12(13)14/h1-7,11,13,15,18H,8-10H2. The summed E-state index contributed by atoms with van der Waals surface area (Å²) in [5.74, 6) is 0.932. The molecule has 0 bridgehead atoms. The van der Waals surface area contributed by atoms with Gasteiger partial charge in [0.2, 0.25) is 0 Å². The number of nitrogens with one attached hydrogen (secondary N) is 1. The van der Waals surface area contributed by atoms with E-state index in [0.717, 1.165) is 11.3 Å². The molecule has 2 atom stereocenters. The van der Waals surface area contributed by atoms with Gasteiger partial charge >= 0.3 is 0 Å². The maximum Gasteiger partial charge on any atom is 0.124 e. The van der Waals surface area contributed by atoms with Crippen LogP contribution in [0.4, 0.5) is 0 Å². The van der Waals surface area contributed by atoms with E-state index in [2.05, 4.69) is 16.5 Å². The predicted molar refractivity (Wildman–Crippen MR) is 70.9 cm³/mol. The fraction of sp³-hybridized carbons (Fsp3) is 0.357. The minimum atomic E-state index is -0.465. The van der Waals surface area contributed by atoms with Crippen molar-refractivity contribution < 1.29 is 9.84 Å². The monoisotopic (exact) mass is 259 g/mol. The van der Waals surface area contributed by atoms with Gasteiger partial charge in [-0.15, -0.1) is 0 Å². The summed E-state index contributed by atoms with van der Waals surface area (Å²) in [6.07, 6.45) is 3.09. The van der Waals surface area contributed by atoms with Gasteiger partial charge in [0.05, 0.1) is 18.7 Å². The zero-order valence-corrected chi connectivity index (χ0v) is 10.6. The number of rotatable bonds is 5. The Kier molecular flexibility index (Phi) is 3.48. The second-order valence-corrected chi connectivity index (χ2v) is 4.69. The van der Waals surface area contributed by atoms with Gasteiger partial charge in [-0.3, -0.25) is 4.68 Å². The molecule has 1 aliphatic rings. The third-order valence-corrected chi connectivity index (χ3v) is 3.26. The van der Waals surface area contributed by atoms with Crippen molar-refractivity contribution in [3.05, 3.63) is 48.3 Å². The first-order valence-electron chi connectivity index (χ1n) is 6.43. The normalized spacial score (nSPS) is 18.9. The van der Waals surface area contributed by atoms with Crippen molar-refractivity contribution in [1.82, 2.24) is 15.1 Å². The van der Waals surface area contributed by atoms with Crippen LogP contribution in [0.3, 0.4) is 0 Å². The lowest BCUT2D eigenvalue weighted by Gasteiger charge is -2.15. The van der Waals surface area contributed by atoms with E-state index in [9.17, 15) is 5.11 Å². The number of ether oxygens (including phenoxy) is 1. The molecule has 0 saturated heterocycles. The van der Waals surface area contributed by atoms with Crippen LogP contribution in [0.2, 0.25) is 0 Å². The average molecular weight is 259 g/mol. The SMILES string of the molecule is OC(CNC1COc2ccccc21)Cn1cccn1. The first-order chi connectivity index (χ1) is 9.33. The van der Waals surface area contributed by atoms with Gasteiger partial charge in [-0.05, 0) is 12.1 Å². The van der Waals surface area contributed by atoms with Crippen molar-refractivity contribution in [3.8, 4) is 5.75 Å². The molecule has 100 valence electrons. The first kappa shape index (κ1) is 12.2. The van der Waals surface area contributed by atoms with E-state index in [1.165, 1.54) is 0 Å². The van der Waals surface area contributed by atoms with Crippen LogP contribution in [-0.2, 0) is 6.54 Å². The van der Waals surface area contributed by atoms with Gasteiger partial charge < -0.3 is 15.2 Å². The summed E-state index contributed by atoms with van der Waals surface area (Å²) < 4.78 is 7.32. The number of hydrogen-bond donors (Lipinski definition) is 2. The Morgan fingerprint density at radius 1 is 1.42 bits per heavy atom. The molecule has 0 amide bonds. The molecule has 0 fully saturated rings. The lowest BCUT2D eigenvalue weighted by atomic mass is 10.1. The van der Waals surface area contributed by atoms with Gasteiger partial charge in [0.25, 0.3) is 0 Å². The molecule has 2 aromatic rings. The van der Waals surface area contributed by atoms with E-state index in [4.69, 9.17) is 4.74 Å². The summed E-state index contributed by atoms with van der Waals surface area (Å²) in [4.78, 5) is 0. The van der Waals surface area contributed by atoms with Crippen molar-refractivity contribution in [2.75, 3.05) is 13.2 Å². The minimum Gasteiger partial charge on any atom is -0.491 e. The maximum atomic E-state index is 9.97. The molecule has 1 aromatic carbocycles. The number of aliphatic hydroxyl groups is 1. The van der Waals surface area contributed by atoms with E-state index in [-0.39, 0.29) is 6.04 Å². The highest BCUT2D eigenvalue weighted by Gasteiger charge is 2.23. The summed E-state index contributed by atoms with van der Waals surface area (Å²) in [7, 11) is 0. The number of nitrogens with zero attached hydrogens (tertiary/aromatic N) is 2. The topological polar surface area (TPSA) is 59.3 Å². The highest BCUT2D eigenvalue weighted by Crippen LogP contribution is 2.31. The summed E-state index contributed by atoms with van der Waals surface area (Å²) in [6.45, 7) is 1.63. The zero-order valence-electron chi connectivity index (χ0n) is 10.6. The summed E-state index contributed by atoms with van der Waals surface area (Å²) in [6, 6.07) is 10.00. The van der Waals surface area contributed by atoms with Crippen molar-refractivity contribution in [1.29, 1.82) is 0 Å². The number of para-hydroxylation sites is 1. The number of aromatic nitrogens is 2. The lowest BCUT2D eigenvalue weighted by molar-refractivity contribution is 0.140. The number of fused-ring (bicyclic) bond motifs is 1. The van der Waals surface area contributed by atoms with E-state index in [1.54, 1.807) is 10.9 Å². The molecule has 3 rings (SSSR count). The Balaban J connectivity index is 1.53. The summed E-state index contributed by atoms with van der Waals surface area (Å²) in [5.41, 5.74) is 1.16. The largest absolute Gasteiger partial charge is 0.491 e. The fourth-order valence-electron chi connectivity index (χ4n) is 2.30. The van der Waals surface area contributed by atoms with Crippen LogP contribution in [0.1, 0.15) is 11.6 Å². The molecule has 0 spiro atoms. The second-order valence-electron chi connectivity index (χ2n) is 4.69. The molecular weight excluding hydrogens is 242 g/mol. The predicted octanol–water partition coefficient (Wildman–Crippen LogP) is 0.967. The average Bonchev–Trinajstić information content (AvgIpc) is 3.05. The lowest BCUT2D eigenvalue weighted by Crippen LogP contribution is -2.33. The molecule has 0 aliphatic carbocycles. The Morgan fingerprint density at radius 3 is 3.16 bits per heavy atom. The van der Waals surface area contributed by atoms with E-state index in [0.29, 0.717) is 19.7 Å². The molecule has 2 unspecified atom stereocenters. The molecular formula is C14H17N3O2. The Hall–Kier alpha value is -1.85. The third kappa shape index (κ3) is 2.77. The quantitative estimate of drug-likeness (QED) is 0.840. The molecule has 1 aliphatic heterocycles. The maximum absolute atomic E-state index is 9.97. The van der Waals surface area contributed by atoms with E-state index < -0.39 is 6.10 Å². The van der Waals surface area contributed by atoms with Crippen LogP contribution >= 0.6 is 0 Å². The molecule has 2 N–H and O–H groups in total. The van der Waals surface area contributed by atoms with Crippen molar-refractivity contribution in [3.63, 3.8) is 0 Å². The van der Waals surface area contributed by atoms with Gasteiger partial charge in [0, 0.05) is 24.5 Å². The van der Waals surface area contributed by atoms with Crippen molar-refractivity contribution in [2.24, 2.45) is 0 Å². The van der Waals surface area contributed by atoms with Gasteiger partial charge in [0.1, 0.15) is 12.4 Å². The van der Waals surface area contributed by atoms with Crippen LogP contribution in [0, 0.1) is 0 Å². The number of aliphatic hydroxyl groups excluding tert-OH is 1. The Labute approximate surface area is 111 Å². The smallest absolute Gasteiger partial charge is 0.124 e. The first-order valence-corrected chi connectivity index (χ1v) is 6.43. The zero-order chi connectivity index (χ0) is 13.1. The Morgan fingerprint density at radius 2 is 2.32 bits per heavy atom. The van der Waals surface area contributed by atoms with Gasteiger partial charge in [-0.2, -0.15) is 5.10 Å². The van der Waals surface area contributed by atoms with Crippen LogP contribution in [0.5, 0.6) is 5.75 Å². The van der Waals surface area contributed by atoms with Crippen molar-refractivity contribution >= 4 is 0 Å². The third-order valence-electron chi connectivity index (χ3n) is 3.26. The number of benzene rings is 1. The number of hydrogen-bond acceptors (Lipinski definition) is 4. The molecule has 5 nitrogen and oxygen atoms in total. The molecule has 2 heterocycles. The van der Waals surface area contributed by atoms with Crippen molar-refractivity contribution in [2.45, 2.75) is 18.7 Å².